The number of halogens is 2. The Morgan fingerprint density at radius 2 is 1.88 bits per heavy atom. The molecule has 0 atom stereocenters. The zero-order chi connectivity index (χ0) is 11.7. The zero-order valence-electron chi connectivity index (χ0n) is 8.74. The Labute approximate surface area is 91.5 Å². The SMILES string of the molecule is CCn1cnc(-c2cc(F)cc(F)c2)c1N. The van der Waals surface area contributed by atoms with Gasteiger partial charge in [0.2, 0.25) is 0 Å². The summed E-state index contributed by atoms with van der Waals surface area (Å²) in [7, 11) is 0. The van der Waals surface area contributed by atoms with Crippen LogP contribution in [0.3, 0.4) is 0 Å². The van der Waals surface area contributed by atoms with Crippen molar-refractivity contribution in [2.75, 3.05) is 5.73 Å². The Morgan fingerprint density at radius 3 is 2.38 bits per heavy atom. The van der Waals surface area contributed by atoms with Gasteiger partial charge in [0.05, 0.1) is 6.33 Å². The zero-order valence-corrected chi connectivity index (χ0v) is 8.74. The van der Waals surface area contributed by atoms with Crippen molar-refractivity contribution in [3.8, 4) is 11.3 Å². The Bertz CT molecular complexity index is 500. The lowest BCUT2D eigenvalue weighted by Crippen LogP contribution is -1.99. The van der Waals surface area contributed by atoms with E-state index in [1.54, 1.807) is 10.9 Å². The number of anilines is 1. The summed E-state index contributed by atoms with van der Waals surface area (Å²) in [4.78, 5) is 4.04. The number of hydrogen-bond donors (Lipinski definition) is 1. The molecule has 2 N–H and O–H groups in total. The van der Waals surface area contributed by atoms with Crippen molar-refractivity contribution in [2.24, 2.45) is 0 Å². The molecule has 1 aromatic carbocycles. The second kappa shape index (κ2) is 3.92. The van der Waals surface area contributed by atoms with Crippen molar-refractivity contribution in [2.45, 2.75) is 13.5 Å². The largest absolute Gasteiger partial charge is 0.383 e. The molecule has 0 aliphatic rings. The molecule has 0 unspecified atom stereocenters. The number of hydrogen-bond acceptors (Lipinski definition) is 2. The molecular formula is C11H11F2N3. The maximum Gasteiger partial charge on any atom is 0.131 e. The number of benzene rings is 1. The first-order valence-electron chi connectivity index (χ1n) is 4.89. The minimum Gasteiger partial charge on any atom is -0.383 e. The fourth-order valence-electron chi connectivity index (χ4n) is 1.56. The first kappa shape index (κ1) is 10.6. The molecule has 5 heteroatoms. The van der Waals surface area contributed by atoms with E-state index in [1.807, 2.05) is 6.92 Å². The smallest absolute Gasteiger partial charge is 0.131 e. The summed E-state index contributed by atoms with van der Waals surface area (Å²) in [5.74, 6) is -0.867. The number of nitrogen functional groups attached to an aromatic ring is 1. The van der Waals surface area contributed by atoms with Gasteiger partial charge in [0.15, 0.2) is 0 Å². The lowest BCUT2D eigenvalue weighted by atomic mass is 10.1. The van der Waals surface area contributed by atoms with Crippen LogP contribution in [0, 0.1) is 11.6 Å². The molecule has 0 amide bonds. The third-order valence-corrected chi connectivity index (χ3v) is 2.35. The molecule has 0 aliphatic carbocycles. The number of aryl methyl sites for hydroxylation is 1. The van der Waals surface area contributed by atoms with E-state index in [9.17, 15) is 8.78 Å². The first-order chi connectivity index (χ1) is 7.61. The minimum atomic E-state index is -0.638. The van der Waals surface area contributed by atoms with Gasteiger partial charge in [-0.15, -0.1) is 0 Å². The highest BCUT2D eigenvalue weighted by atomic mass is 19.1. The highest BCUT2D eigenvalue weighted by molar-refractivity contribution is 5.70. The maximum absolute atomic E-state index is 13.0. The van der Waals surface area contributed by atoms with Gasteiger partial charge >= 0.3 is 0 Å². The fourth-order valence-corrected chi connectivity index (χ4v) is 1.56. The Balaban J connectivity index is 2.54. The van der Waals surface area contributed by atoms with Gasteiger partial charge in [-0.05, 0) is 19.1 Å². The molecule has 2 aromatic rings. The molecule has 0 saturated carbocycles. The topological polar surface area (TPSA) is 43.8 Å². The van der Waals surface area contributed by atoms with Crippen LogP contribution in [-0.2, 0) is 6.54 Å². The highest BCUT2D eigenvalue weighted by Gasteiger charge is 2.11. The second-order valence-corrected chi connectivity index (χ2v) is 3.42. The highest BCUT2D eigenvalue weighted by Crippen LogP contribution is 2.25. The van der Waals surface area contributed by atoms with Crippen LogP contribution in [0.25, 0.3) is 11.3 Å². The molecule has 84 valence electrons. The molecule has 1 heterocycles. The van der Waals surface area contributed by atoms with E-state index < -0.39 is 11.6 Å². The van der Waals surface area contributed by atoms with Gasteiger partial charge in [0.25, 0.3) is 0 Å². The lowest BCUT2D eigenvalue weighted by molar-refractivity contribution is 0.584. The second-order valence-electron chi connectivity index (χ2n) is 3.42. The van der Waals surface area contributed by atoms with E-state index in [0.29, 0.717) is 23.6 Å². The van der Waals surface area contributed by atoms with E-state index in [1.165, 1.54) is 12.1 Å². The minimum absolute atomic E-state index is 0.349. The third kappa shape index (κ3) is 1.76. The van der Waals surface area contributed by atoms with Gasteiger partial charge in [-0.25, -0.2) is 13.8 Å². The summed E-state index contributed by atoms with van der Waals surface area (Å²) in [6, 6.07) is 3.24. The third-order valence-electron chi connectivity index (χ3n) is 2.35. The van der Waals surface area contributed by atoms with Crippen LogP contribution in [0.5, 0.6) is 0 Å². The van der Waals surface area contributed by atoms with E-state index >= 15 is 0 Å². The number of aromatic nitrogens is 2. The monoisotopic (exact) mass is 223 g/mol. The van der Waals surface area contributed by atoms with Crippen molar-refractivity contribution in [3.63, 3.8) is 0 Å². The molecule has 16 heavy (non-hydrogen) atoms. The van der Waals surface area contributed by atoms with Gasteiger partial charge in [-0.3, -0.25) is 0 Å². The van der Waals surface area contributed by atoms with Crippen LogP contribution in [0.1, 0.15) is 6.92 Å². The molecule has 0 spiro atoms. The Morgan fingerprint density at radius 1 is 1.25 bits per heavy atom. The lowest BCUT2D eigenvalue weighted by Gasteiger charge is -2.02. The number of rotatable bonds is 2. The summed E-state index contributed by atoms with van der Waals surface area (Å²) in [5, 5.41) is 0. The molecule has 0 fully saturated rings. The van der Waals surface area contributed by atoms with E-state index in [-0.39, 0.29) is 0 Å². The fraction of sp³-hybridized carbons (Fsp3) is 0.182. The number of imidazole rings is 1. The molecule has 2 rings (SSSR count). The van der Waals surface area contributed by atoms with Gasteiger partial charge in [-0.1, -0.05) is 0 Å². The molecule has 0 aliphatic heterocycles. The van der Waals surface area contributed by atoms with E-state index in [0.717, 1.165) is 6.07 Å². The molecule has 0 bridgehead atoms. The molecule has 1 aromatic heterocycles. The molecule has 3 nitrogen and oxygen atoms in total. The van der Waals surface area contributed by atoms with Gasteiger partial charge in [0.1, 0.15) is 23.1 Å². The standard InChI is InChI=1S/C11H11F2N3/c1-2-16-6-15-10(11(16)14)7-3-8(12)5-9(13)4-7/h3-6H,2,14H2,1H3. The van der Waals surface area contributed by atoms with Gasteiger partial charge < -0.3 is 10.3 Å². The normalized spacial score (nSPS) is 10.7. The molecule has 0 saturated heterocycles. The first-order valence-corrected chi connectivity index (χ1v) is 4.89. The summed E-state index contributed by atoms with van der Waals surface area (Å²) in [5.41, 5.74) is 6.55. The van der Waals surface area contributed by atoms with E-state index in [4.69, 9.17) is 5.73 Å². The van der Waals surface area contributed by atoms with Crippen molar-refractivity contribution in [1.82, 2.24) is 9.55 Å². The summed E-state index contributed by atoms with van der Waals surface area (Å²) >= 11 is 0. The van der Waals surface area contributed by atoms with Gasteiger partial charge in [0, 0.05) is 18.2 Å². The van der Waals surface area contributed by atoms with Crippen LogP contribution < -0.4 is 5.73 Å². The summed E-state index contributed by atoms with van der Waals surface area (Å²) < 4.78 is 27.7. The van der Waals surface area contributed by atoms with Crippen molar-refractivity contribution in [1.29, 1.82) is 0 Å². The summed E-state index contributed by atoms with van der Waals surface area (Å²) in [6.45, 7) is 2.57. The Hall–Kier alpha value is -1.91. The Kier molecular flexibility index (Phi) is 2.60. The average molecular weight is 223 g/mol. The van der Waals surface area contributed by atoms with E-state index in [2.05, 4.69) is 4.98 Å². The van der Waals surface area contributed by atoms with Crippen LogP contribution in [0.15, 0.2) is 24.5 Å². The van der Waals surface area contributed by atoms with Gasteiger partial charge in [-0.2, -0.15) is 0 Å². The molecule has 0 radical (unpaired) electrons. The maximum atomic E-state index is 13.0. The average Bonchev–Trinajstić information content (AvgIpc) is 2.58. The predicted molar refractivity (Wildman–Crippen MR) is 57.7 cm³/mol. The molecular weight excluding hydrogens is 212 g/mol. The van der Waals surface area contributed by atoms with Crippen molar-refractivity contribution in [3.05, 3.63) is 36.2 Å². The van der Waals surface area contributed by atoms with Crippen LogP contribution in [0.2, 0.25) is 0 Å². The quantitative estimate of drug-likeness (QED) is 0.849. The van der Waals surface area contributed by atoms with Crippen LogP contribution >= 0.6 is 0 Å². The predicted octanol–water partition coefficient (Wildman–Crippen LogP) is 2.43. The van der Waals surface area contributed by atoms with Crippen molar-refractivity contribution < 1.29 is 8.78 Å². The van der Waals surface area contributed by atoms with Crippen LogP contribution in [0.4, 0.5) is 14.6 Å². The summed E-state index contributed by atoms with van der Waals surface area (Å²) in [6.07, 6.45) is 1.55. The number of nitrogens with two attached hydrogens (primary N) is 1. The van der Waals surface area contributed by atoms with Crippen LogP contribution in [-0.4, -0.2) is 9.55 Å². The number of nitrogens with zero attached hydrogens (tertiary/aromatic N) is 2. The van der Waals surface area contributed by atoms with Crippen molar-refractivity contribution >= 4 is 5.82 Å².